The van der Waals surface area contributed by atoms with Gasteiger partial charge in [-0.1, -0.05) is 13.2 Å². The van der Waals surface area contributed by atoms with Crippen LogP contribution in [-0.4, -0.2) is 24.7 Å². The predicted octanol–water partition coefficient (Wildman–Crippen LogP) is 1.99. The number of allylic oxidation sites excluding steroid dienone is 2. The lowest BCUT2D eigenvalue weighted by Crippen LogP contribution is -2.22. The molecular formula is C10H14FNO2. The summed E-state index contributed by atoms with van der Waals surface area (Å²) in [5.74, 6) is -0.000279. The highest BCUT2D eigenvalue weighted by molar-refractivity contribution is 5.75. The lowest BCUT2D eigenvalue weighted by molar-refractivity contribution is -0.125. The van der Waals surface area contributed by atoms with Crippen LogP contribution in [-0.2, 0) is 9.53 Å². The number of carbonyl (C=O) groups is 1. The van der Waals surface area contributed by atoms with Gasteiger partial charge >= 0.3 is 0 Å². The molecule has 1 amide bonds. The fourth-order valence-corrected chi connectivity index (χ4v) is 0.751. The van der Waals surface area contributed by atoms with Crippen LogP contribution in [0, 0.1) is 0 Å². The second-order valence-electron chi connectivity index (χ2n) is 2.57. The summed E-state index contributed by atoms with van der Waals surface area (Å²) in [7, 11) is 1.58. The van der Waals surface area contributed by atoms with Crippen LogP contribution in [0.4, 0.5) is 4.39 Å². The Morgan fingerprint density at radius 2 is 2.21 bits per heavy atom. The van der Waals surface area contributed by atoms with Gasteiger partial charge in [0.1, 0.15) is 5.76 Å². The monoisotopic (exact) mass is 199 g/mol. The maximum atomic E-state index is 11.7. The van der Waals surface area contributed by atoms with Crippen LogP contribution in [0.15, 0.2) is 36.8 Å². The number of nitrogens with zero attached hydrogens (tertiary/aromatic N) is 1. The second kappa shape index (κ2) is 5.96. The second-order valence-corrected chi connectivity index (χ2v) is 2.57. The van der Waals surface area contributed by atoms with Crippen molar-refractivity contribution in [1.29, 1.82) is 0 Å². The molecular weight excluding hydrogens is 185 g/mol. The van der Waals surface area contributed by atoms with E-state index in [1.807, 2.05) is 0 Å². The third-order valence-electron chi connectivity index (χ3n) is 1.62. The predicted molar refractivity (Wildman–Crippen MR) is 52.9 cm³/mol. The Labute approximate surface area is 83.2 Å². The summed E-state index contributed by atoms with van der Waals surface area (Å²) >= 11 is 0. The van der Waals surface area contributed by atoms with Crippen molar-refractivity contribution in [3.05, 3.63) is 36.8 Å². The van der Waals surface area contributed by atoms with Gasteiger partial charge in [-0.05, 0) is 6.08 Å². The molecule has 0 aliphatic heterocycles. The molecule has 0 spiro atoms. The van der Waals surface area contributed by atoms with Gasteiger partial charge in [0, 0.05) is 25.7 Å². The molecule has 0 aromatic heterocycles. The van der Waals surface area contributed by atoms with E-state index in [1.165, 1.54) is 24.0 Å². The van der Waals surface area contributed by atoms with Gasteiger partial charge in [0.25, 0.3) is 0 Å². The first-order chi connectivity index (χ1) is 6.52. The third kappa shape index (κ3) is 3.89. The van der Waals surface area contributed by atoms with Crippen molar-refractivity contribution in [2.45, 2.75) is 6.92 Å². The minimum atomic E-state index is -0.941. The van der Waals surface area contributed by atoms with Crippen molar-refractivity contribution in [2.24, 2.45) is 0 Å². The number of rotatable bonds is 5. The maximum Gasteiger partial charge on any atom is 0.228 e. The largest absolute Gasteiger partial charge is 0.463 e. The molecule has 0 fully saturated rings. The molecule has 0 unspecified atom stereocenters. The van der Waals surface area contributed by atoms with Crippen molar-refractivity contribution in [3.8, 4) is 0 Å². The van der Waals surface area contributed by atoms with Crippen LogP contribution in [0.3, 0.4) is 0 Å². The van der Waals surface area contributed by atoms with E-state index in [0.29, 0.717) is 5.70 Å². The molecule has 0 rings (SSSR count). The van der Waals surface area contributed by atoms with Crippen LogP contribution in [0.2, 0.25) is 0 Å². The van der Waals surface area contributed by atoms with Crippen molar-refractivity contribution in [1.82, 2.24) is 4.90 Å². The summed E-state index contributed by atoms with van der Waals surface area (Å²) in [6.07, 6.45) is 2.90. The Balaban J connectivity index is 4.62. The number of hydrogen-bond acceptors (Lipinski definition) is 2. The van der Waals surface area contributed by atoms with E-state index in [9.17, 15) is 9.18 Å². The fourth-order valence-electron chi connectivity index (χ4n) is 0.751. The first-order valence-corrected chi connectivity index (χ1v) is 3.99. The molecule has 0 atom stereocenters. The number of halogens is 1. The molecule has 0 N–H and O–H groups in total. The molecule has 0 aromatic rings. The normalized spacial score (nSPS) is 10.6. The highest BCUT2D eigenvalue weighted by Gasteiger charge is 2.05. The van der Waals surface area contributed by atoms with Crippen molar-refractivity contribution >= 4 is 5.91 Å². The van der Waals surface area contributed by atoms with Crippen molar-refractivity contribution < 1.29 is 13.9 Å². The van der Waals surface area contributed by atoms with Gasteiger partial charge in [0.15, 0.2) is 0 Å². The minimum Gasteiger partial charge on any atom is -0.463 e. The zero-order chi connectivity index (χ0) is 11.1. The summed E-state index contributed by atoms with van der Waals surface area (Å²) in [6, 6.07) is 0. The van der Waals surface area contributed by atoms with E-state index in [0.717, 1.165) is 0 Å². The quantitative estimate of drug-likeness (QED) is 0.500. The van der Waals surface area contributed by atoms with Gasteiger partial charge < -0.3 is 9.64 Å². The van der Waals surface area contributed by atoms with Crippen LogP contribution in [0.5, 0.6) is 0 Å². The molecule has 0 aromatic carbocycles. The average molecular weight is 199 g/mol. The van der Waals surface area contributed by atoms with Gasteiger partial charge in [-0.25, -0.2) is 4.39 Å². The summed E-state index contributed by atoms with van der Waals surface area (Å²) in [5.41, 5.74) is 0.510. The van der Waals surface area contributed by atoms with Gasteiger partial charge in [0.2, 0.25) is 12.8 Å². The molecule has 0 bridgehead atoms. The Hall–Kier alpha value is -1.58. The summed E-state index contributed by atoms with van der Waals surface area (Å²) in [5, 5.41) is 0. The van der Waals surface area contributed by atoms with Crippen LogP contribution >= 0.6 is 0 Å². The van der Waals surface area contributed by atoms with E-state index >= 15 is 0 Å². The van der Waals surface area contributed by atoms with Gasteiger partial charge in [-0.2, -0.15) is 0 Å². The SMILES string of the molecule is C=C/C(=C\C(=C)OCF)N(C)C(C)=O. The van der Waals surface area contributed by atoms with Gasteiger partial charge in [0.05, 0.1) is 0 Å². The average Bonchev–Trinajstić information content (AvgIpc) is 2.13. The smallest absolute Gasteiger partial charge is 0.228 e. The van der Waals surface area contributed by atoms with Crippen molar-refractivity contribution in [3.63, 3.8) is 0 Å². The molecule has 14 heavy (non-hydrogen) atoms. The molecule has 78 valence electrons. The summed E-state index contributed by atoms with van der Waals surface area (Å²) in [6.45, 7) is 7.45. The minimum absolute atomic E-state index is 0.149. The highest BCUT2D eigenvalue weighted by Crippen LogP contribution is 2.07. The first-order valence-electron chi connectivity index (χ1n) is 3.99. The van der Waals surface area contributed by atoms with E-state index in [1.54, 1.807) is 7.05 Å². The van der Waals surface area contributed by atoms with Crippen LogP contribution in [0.1, 0.15) is 6.92 Å². The van der Waals surface area contributed by atoms with E-state index in [4.69, 9.17) is 0 Å². The molecule has 0 radical (unpaired) electrons. The maximum absolute atomic E-state index is 11.7. The van der Waals surface area contributed by atoms with Gasteiger partial charge in [-0.15, -0.1) is 0 Å². The zero-order valence-corrected chi connectivity index (χ0v) is 8.42. The Bertz CT molecular complexity index is 271. The lowest BCUT2D eigenvalue weighted by atomic mass is 10.3. The van der Waals surface area contributed by atoms with E-state index in [2.05, 4.69) is 17.9 Å². The fraction of sp³-hybridized carbons (Fsp3) is 0.300. The van der Waals surface area contributed by atoms with Crippen molar-refractivity contribution in [2.75, 3.05) is 13.9 Å². The number of likely N-dealkylation sites (N-methyl/N-ethyl adjacent to an activating group) is 1. The molecule has 3 nitrogen and oxygen atoms in total. The standard InChI is InChI=1S/C10H14FNO2/c1-5-10(12(4)9(3)13)6-8(2)14-7-11/h5-6H,1-2,7H2,3-4H3/b10-6+. The van der Waals surface area contributed by atoms with E-state index < -0.39 is 6.86 Å². The lowest BCUT2D eigenvalue weighted by Gasteiger charge is -2.16. The number of carbonyl (C=O) groups excluding carboxylic acids is 1. The van der Waals surface area contributed by atoms with E-state index in [-0.39, 0.29) is 11.7 Å². The molecule has 0 aliphatic carbocycles. The summed E-state index contributed by atoms with van der Waals surface area (Å²) in [4.78, 5) is 12.3. The highest BCUT2D eigenvalue weighted by atomic mass is 19.1. The topological polar surface area (TPSA) is 29.5 Å². The Kier molecular flexibility index (Phi) is 5.29. The van der Waals surface area contributed by atoms with Gasteiger partial charge in [-0.3, -0.25) is 4.79 Å². The number of amides is 1. The Morgan fingerprint density at radius 1 is 1.64 bits per heavy atom. The molecule has 0 aliphatic rings. The molecule has 0 heterocycles. The zero-order valence-electron chi connectivity index (χ0n) is 8.42. The molecule has 0 saturated heterocycles. The van der Waals surface area contributed by atoms with Crippen LogP contribution in [0.25, 0.3) is 0 Å². The Morgan fingerprint density at radius 3 is 2.57 bits per heavy atom. The third-order valence-corrected chi connectivity index (χ3v) is 1.62. The molecule has 4 heteroatoms. The first kappa shape index (κ1) is 12.4. The van der Waals surface area contributed by atoms with Crippen LogP contribution < -0.4 is 0 Å². The molecule has 0 saturated carbocycles. The number of alkyl halides is 1. The summed E-state index contributed by atoms with van der Waals surface area (Å²) < 4.78 is 16.2. The number of hydrogen-bond donors (Lipinski definition) is 0. The number of ether oxygens (including phenoxy) is 1.